The summed E-state index contributed by atoms with van der Waals surface area (Å²) >= 11 is 0. The summed E-state index contributed by atoms with van der Waals surface area (Å²) in [5, 5.41) is 2.79. The van der Waals surface area contributed by atoms with Gasteiger partial charge in [-0.1, -0.05) is 145 Å². The summed E-state index contributed by atoms with van der Waals surface area (Å²) in [6.07, 6.45) is 3.89. The number of benzene rings is 5. The molecule has 172 valence electrons. The highest BCUT2D eigenvalue weighted by Gasteiger charge is 2.39. The molecule has 2 heteroatoms. The Bertz CT molecular complexity index is 1470. The van der Waals surface area contributed by atoms with E-state index in [1.165, 1.54) is 11.1 Å². The molecule has 0 saturated heterocycles. The van der Waals surface area contributed by atoms with Crippen LogP contribution < -0.4 is 15.6 Å². The quantitative estimate of drug-likeness (QED) is 0.204. The summed E-state index contributed by atoms with van der Waals surface area (Å²) in [6, 6.07) is 46.7. The first-order valence-corrected chi connectivity index (χ1v) is 14.0. The minimum Gasteiger partial charge on any atom is -0.421 e. The summed E-state index contributed by atoms with van der Waals surface area (Å²) in [5.41, 5.74) is 4.34. The normalized spacial score (nSPS) is 11.1. The van der Waals surface area contributed by atoms with Crippen molar-refractivity contribution in [2.75, 3.05) is 0 Å². The number of rotatable bonds is 5. The van der Waals surface area contributed by atoms with Gasteiger partial charge >= 0.3 is 0 Å². The van der Waals surface area contributed by atoms with E-state index in [4.69, 9.17) is 0 Å². The first-order chi connectivity index (χ1) is 17.7. The summed E-state index contributed by atoms with van der Waals surface area (Å²) in [7, 11) is -3.21. The standard InChI is InChI=1S/C34H26OSi/c35-36(32-19-6-2-7-20-32,33-21-8-3-9-22-33)34-23-13-12-18-31(34)17-11-10-14-28-24-26-30(27-25-28)29-15-4-1-5-16-29/h1-10,12-16,18-27,35H/b14-10+. The minimum absolute atomic E-state index is 0.850. The number of hydrogen-bond donors (Lipinski definition) is 1. The van der Waals surface area contributed by atoms with Crippen molar-refractivity contribution >= 4 is 30.0 Å². The van der Waals surface area contributed by atoms with Crippen molar-refractivity contribution in [1.29, 1.82) is 0 Å². The van der Waals surface area contributed by atoms with E-state index in [9.17, 15) is 4.80 Å². The van der Waals surface area contributed by atoms with E-state index in [1.54, 1.807) is 0 Å². The second kappa shape index (κ2) is 10.9. The van der Waals surface area contributed by atoms with Crippen molar-refractivity contribution in [2.45, 2.75) is 0 Å². The van der Waals surface area contributed by atoms with Crippen LogP contribution in [0.15, 0.2) is 146 Å². The lowest BCUT2D eigenvalue weighted by Crippen LogP contribution is -2.68. The molecule has 0 heterocycles. The van der Waals surface area contributed by atoms with Gasteiger partial charge in [-0.2, -0.15) is 0 Å². The topological polar surface area (TPSA) is 20.2 Å². The van der Waals surface area contributed by atoms with Gasteiger partial charge in [0, 0.05) is 5.56 Å². The average molecular weight is 479 g/mol. The zero-order chi connectivity index (χ0) is 24.6. The van der Waals surface area contributed by atoms with Gasteiger partial charge in [0.05, 0.1) is 0 Å². The molecule has 0 amide bonds. The van der Waals surface area contributed by atoms with E-state index in [1.807, 2.05) is 103 Å². The lowest BCUT2D eigenvalue weighted by Gasteiger charge is -2.28. The highest BCUT2D eigenvalue weighted by Crippen LogP contribution is 2.19. The third-order valence-corrected chi connectivity index (χ3v) is 9.84. The van der Waals surface area contributed by atoms with Crippen LogP contribution in [-0.4, -0.2) is 13.1 Å². The molecule has 0 aliphatic carbocycles. The van der Waals surface area contributed by atoms with E-state index < -0.39 is 8.32 Å². The Hall–Kier alpha value is -4.42. The zero-order valence-electron chi connectivity index (χ0n) is 19.9. The van der Waals surface area contributed by atoms with Crippen LogP contribution in [0.5, 0.6) is 0 Å². The molecule has 1 nitrogen and oxygen atoms in total. The fourth-order valence-electron chi connectivity index (χ4n) is 4.42. The van der Waals surface area contributed by atoms with Crippen molar-refractivity contribution in [3.8, 4) is 23.0 Å². The Morgan fingerprint density at radius 1 is 0.528 bits per heavy atom. The molecule has 0 radical (unpaired) electrons. The first-order valence-electron chi connectivity index (χ1n) is 12.0. The van der Waals surface area contributed by atoms with E-state index in [-0.39, 0.29) is 0 Å². The second-order valence-corrected chi connectivity index (χ2v) is 11.7. The molecule has 0 saturated carbocycles. The average Bonchev–Trinajstić information content (AvgIpc) is 2.97. The van der Waals surface area contributed by atoms with Gasteiger partial charge in [-0.05, 0) is 50.5 Å². The van der Waals surface area contributed by atoms with Crippen LogP contribution in [-0.2, 0) is 0 Å². The van der Waals surface area contributed by atoms with Crippen LogP contribution in [0, 0.1) is 11.8 Å². The molecular formula is C34H26OSi. The molecule has 0 aliphatic rings. The third-order valence-electron chi connectivity index (χ3n) is 6.28. The van der Waals surface area contributed by atoms with Gasteiger partial charge in [-0.25, -0.2) is 0 Å². The summed E-state index contributed by atoms with van der Waals surface area (Å²) in [6.45, 7) is 0. The van der Waals surface area contributed by atoms with Gasteiger partial charge in [0.2, 0.25) is 0 Å². The van der Waals surface area contributed by atoms with E-state index in [0.29, 0.717) is 0 Å². The van der Waals surface area contributed by atoms with Crippen LogP contribution >= 0.6 is 0 Å². The fraction of sp³-hybridized carbons (Fsp3) is 0. The van der Waals surface area contributed by atoms with Crippen molar-refractivity contribution < 1.29 is 4.80 Å². The predicted octanol–water partition coefficient (Wildman–Crippen LogP) is 5.38. The number of hydrogen-bond acceptors (Lipinski definition) is 1. The molecule has 0 atom stereocenters. The van der Waals surface area contributed by atoms with E-state index in [2.05, 4.69) is 60.4 Å². The molecule has 0 bridgehead atoms. The molecule has 5 rings (SSSR count). The molecule has 0 unspecified atom stereocenters. The molecule has 5 aromatic rings. The minimum atomic E-state index is -3.21. The maximum atomic E-state index is 12.3. The Balaban J connectivity index is 1.45. The molecule has 5 aromatic carbocycles. The number of allylic oxidation sites excluding steroid dienone is 1. The van der Waals surface area contributed by atoms with Crippen LogP contribution in [0.1, 0.15) is 11.1 Å². The van der Waals surface area contributed by atoms with Crippen molar-refractivity contribution in [1.82, 2.24) is 0 Å². The van der Waals surface area contributed by atoms with Gasteiger partial charge in [0.1, 0.15) is 0 Å². The second-order valence-electron chi connectivity index (χ2n) is 8.58. The smallest absolute Gasteiger partial charge is 0.286 e. The van der Waals surface area contributed by atoms with Crippen LogP contribution in [0.2, 0.25) is 0 Å². The fourth-order valence-corrected chi connectivity index (χ4v) is 7.60. The largest absolute Gasteiger partial charge is 0.421 e. The van der Waals surface area contributed by atoms with Gasteiger partial charge in [0.15, 0.2) is 0 Å². The third kappa shape index (κ3) is 4.99. The summed E-state index contributed by atoms with van der Waals surface area (Å²) in [5.74, 6) is 6.50. The van der Waals surface area contributed by atoms with Crippen molar-refractivity contribution in [3.05, 3.63) is 157 Å². The lowest BCUT2D eigenvalue weighted by molar-refractivity contribution is 0.583. The molecule has 0 spiro atoms. The maximum Gasteiger partial charge on any atom is 0.286 e. The molecule has 1 N–H and O–H groups in total. The van der Waals surface area contributed by atoms with Gasteiger partial charge < -0.3 is 4.80 Å². The van der Waals surface area contributed by atoms with Gasteiger partial charge in [-0.3, -0.25) is 0 Å². The summed E-state index contributed by atoms with van der Waals surface area (Å²) < 4.78 is 0. The Morgan fingerprint density at radius 2 is 1.03 bits per heavy atom. The molecule has 0 fully saturated rings. The molecular weight excluding hydrogens is 452 g/mol. The highest BCUT2D eigenvalue weighted by molar-refractivity contribution is 7.06. The van der Waals surface area contributed by atoms with Crippen LogP contribution in [0.3, 0.4) is 0 Å². The van der Waals surface area contributed by atoms with Gasteiger partial charge in [-0.15, -0.1) is 0 Å². The van der Waals surface area contributed by atoms with Crippen LogP contribution in [0.25, 0.3) is 17.2 Å². The van der Waals surface area contributed by atoms with E-state index >= 15 is 0 Å². The lowest BCUT2D eigenvalue weighted by atomic mass is 10.0. The highest BCUT2D eigenvalue weighted by atomic mass is 28.4. The SMILES string of the molecule is O[Si](c1ccccc1)(c1ccccc1)c1ccccc1C#C/C=C/c1ccc(-c2ccccc2)cc1. The maximum absolute atomic E-state index is 12.3. The Kier molecular flexibility index (Phi) is 7.05. The van der Waals surface area contributed by atoms with Crippen molar-refractivity contribution in [2.24, 2.45) is 0 Å². The van der Waals surface area contributed by atoms with Crippen molar-refractivity contribution in [3.63, 3.8) is 0 Å². The van der Waals surface area contributed by atoms with Crippen LogP contribution in [0.4, 0.5) is 0 Å². The first kappa shape index (κ1) is 23.3. The molecule has 0 aromatic heterocycles. The predicted molar refractivity (Wildman–Crippen MR) is 154 cm³/mol. The zero-order valence-corrected chi connectivity index (χ0v) is 20.9. The molecule has 36 heavy (non-hydrogen) atoms. The van der Waals surface area contributed by atoms with E-state index in [0.717, 1.165) is 26.7 Å². The Morgan fingerprint density at radius 3 is 1.64 bits per heavy atom. The summed E-state index contributed by atoms with van der Waals surface area (Å²) in [4.78, 5) is 12.3. The van der Waals surface area contributed by atoms with Gasteiger partial charge in [0.25, 0.3) is 8.32 Å². The monoisotopic (exact) mass is 478 g/mol. The molecule has 0 aliphatic heterocycles. The Labute approximate surface area is 214 Å².